The SMILES string of the molecule is CC(C)(C)NC(=O)NCc1cccc(N)n1. The first kappa shape index (κ1) is 12.3. The minimum atomic E-state index is -0.243. The number of carbonyl (C=O) groups is 1. The fourth-order valence-corrected chi connectivity index (χ4v) is 1.15. The average Bonchev–Trinajstić information content (AvgIpc) is 2.12. The molecule has 0 saturated heterocycles. The Morgan fingerprint density at radius 1 is 1.44 bits per heavy atom. The molecule has 0 unspecified atom stereocenters. The smallest absolute Gasteiger partial charge is 0.315 e. The molecule has 0 fully saturated rings. The van der Waals surface area contributed by atoms with Crippen molar-refractivity contribution < 1.29 is 4.79 Å². The van der Waals surface area contributed by atoms with Crippen LogP contribution in [0.15, 0.2) is 18.2 Å². The Labute approximate surface area is 95.4 Å². The van der Waals surface area contributed by atoms with Gasteiger partial charge in [-0.3, -0.25) is 0 Å². The Hall–Kier alpha value is -1.78. The summed E-state index contributed by atoms with van der Waals surface area (Å²) in [5.74, 6) is 0.454. The number of anilines is 1. The molecule has 0 radical (unpaired) electrons. The first-order chi connectivity index (χ1) is 7.37. The zero-order valence-corrected chi connectivity index (χ0v) is 9.87. The van der Waals surface area contributed by atoms with Gasteiger partial charge in [-0.1, -0.05) is 6.07 Å². The van der Waals surface area contributed by atoms with Crippen LogP contribution in [0.5, 0.6) is 0 Å². The molecule has 1 heterocycles. The molecule has 0 atom stereocenters. The number of nitrogens with zero attached hydrogens (tertiary/aromatic N) is 1. The van der Waals surface area contributed by atoms with Gasteiger partial charge in [0.2, 0.25) is 0 Å². The second kappa shape index (κ2) is 4.83. The highest BCUT2D eigenvalue weighted by Gasteiger charge is 2.12. The van der Waals surface area contributed by atoms with E-state index in [-0.39, 0.29) is 11.6 Å². The monoisotopic (exact) mass is 222 g/mol. The maximum atomic E-state index is 11.4. The number of urea groups is 1. The molecule has 1 aromatic heterocycles. The van der Waals surface area contributed by atoms with Crippen LogP contribution in [-0.4, -0.2) is 16.6 Å². The van der Waals surface area contributed by atoms with Crippen LogP contribution in [0.4, 0.5) is 10.6 Å². The standard InChI is InChI=1S/C11H18N4O/c1-11(2,3)15-10(16)13-7-8-5-4-6-9(12)14-8/h4-6H,7H2,1-3H3,(H2,12,14)(H2,13,15,16). The van der Waals surface area contributed by atoms with Crippen LogP contribution in [0.2, 0.25) is 0 Å². The summed E-state index contributed by atoms with van der Waals surface area (Å²) in [4.78, 5) is 15.5. The number of rotatable bonds is 2. The van der Waals surface area contributed by atoms with Gasteiger partial charge in [0.05, 0.1) is 12.2 Å². The van der Waals surface area contributed by atoms with Crippen molar-refractivity contribution in [2.75, 3.05) is 5.73 Å². The Morgan fingerprint density at radius 3 is 2.69 bits per heavy atom. The summed E-state index contributed by atoms with van der Waals surface area (Å²) in [5, 5.41) is 5.51. The summed E-state index contributed by atoms with van der Waals surface area (Å²) < 4.78 is 0. The lowest BCUT2D eigenvalue weighted by Crippen LogP contribution is -2.46. The quantitative estimate of drug-likeness (QED) is 0.704. The normalized spacial score (nSPS) is 10.9. The van der Waals surface area contributed by atoms with Crippen molar-refractivity contribution in [2.24, 2.45) is 0 Å². The highest BCUT2D eigenvalue weighted by molar-refractivity contribution is 5.74. The molecule has 16 heavy (non-hydrogen) atoms. The minimum absolute atomic E-state index is 0.211. The van der Waals surface area contributed by atoms with Gasteiger partial charge in [-0.15, -0.1) is 0 Å². The number of pyridine rings is 1. The van der Waals surface area contributed by atoms with Gasteiger partial charge in [-0.2, -0.15) is 0 Å². The lowest BCUT2D eigenvalue weighted by molar-refractivity contribution is 0.231. The summed E-state index contributed by atoms with van der Waals surface area (Å²) in [6.07, 6.45) is 0. The second-order valence-electron chi connectivity index (χ2n) is 4.61. The summed E-state index contributed by atoms with van der Waals surface area (Å²) in [6.45, 7) is 6.13. The van der Waals surface area contributed by atoms with Crippen molar-refractivity contribution in [1.82, 2.24) is 15.6 Å². The van der Waals surface area contributed by atoms with Gasteiger partial charge in [-0.25, -0.2) is 9.78 Å². The highest BCUT2D eigenvalue weighted by atomic mass is 16.2. The van der Waals surface area contributed by atoms with Crippen molar-refractivity contribution >= 4 is 11.8 Å². The molecule has 5 nitrogen and oxygen atoms in total. The van der Waals surface area contributed by atoms with Crippen molar-refractivity contribution in [3.63, 3.8) is 0 Å². The van der Waals surface area contributed by atoms with Crippen molar-refractivity contribution in [2.45, 2.75) is 32.9 Å². The molecular formula is C11H18N4O. The largest absolute Gasteiger partial charge is 0.384 e. The molecule has 1 aromatic rings. The third-order valence-electron chi connectivity index (χ3n) is 1.75. The fourth-order valence-electron chi connectivity index (χ4n) is 1.15. The number of nitrogens with one attached hydrogen (secondary N) is 2. The van der Waals surface area contributed by atoms with E-state index in [4.69, 9.17) is 5.73 Å². The van der Waals surface area contributed by atoms with E-state index in [1.807, 2.05) is 26.8 Å². The van der Waals surface area contributed by atoms with Gasteiger partial charge >= 0.3 is 6.03 Å². The van der Waals surface area contributed by atoms with E-state index in [1.165, 1.54) is 0 Å². The molecule has 0 aromatic carbocycles. The van der Waals surface area contributed by atoms with Gasteiger partial charge in [0.1, 0.15) is 5.82 Å². The van der Waals surface area contributed by atoms with Gasteiger partial charge < -0.3 is 16.4 Å². The van der Waals surface area contributed by atoms with E-state index in [2.05, 4.69) is 15.6 Å². The maximum absolute atomic E-state index is 11.4. The zero-order valence-electron chi connectivity index (χ0n) is 9.87. The highest BCUT2D eigenvalue weighted by Crippen LogP contribution is 2.00. The summed E-state index contributed by atoms with van der Waals surface area (Å²) in [6, 6.07) is 5.12. The number of amides is 2. The Morgan fingerprint density at radius 2 is 2.12 bits per heavy atom. The average molecular weight is 222 g/mol. The number of hydrogen-bond donors (Lipinski definition) is 3. The van der Waals surface area contributed by atoms with E-state index in [1.54, 1.807) is 12.1 Å². The van der Waals surface area contributed by atoms with Crippen LogP contribution in [0.3, 0.4) is 0 Å². The Kier molecular flexibility index (Phi) is 3.71. The molecule has 0 aliphatic heterocycles. The van der Waals surface area contributed by atoms with Gasteiger partial charge in [0.25, 0.3) is 0 Å². The molecule has 0 spiro atoms. The molecule has 0 aliphatic carbocycles. The lowest BCUT2D eigenvalue weighted by Gasteiger charge is -2.20. The topological polar surface area (TPSA) is 80.0 Å². The molecule has 0 aliphatic rings. The number of carbonyl (C=O) groups excluding carboxylic acids is 1. The molecule has 88 valence electrons. The molecular weight excluding hydrogens is 204 g/mol. The van der Waals surface area contributed by atoms with E-state index >= 15 is 0 Å². The number of nitrogens with two attached hydrogens (primary N) is 1. The molecule has 4 N–H and O–H groups in total. The van der Waals surface area contributed by atoms with Crippen molar-refractivity contribution in [3.8, 4) is 0 Å². The minimum Gasteiger partial charge on any atom is -0.384 e. The second-order valence-corrected chi connectivity index (χ2v) is 4.61. The molecule has 1 rings (SSSR count). The van der Waals surface area contributed by atoms with Crippen LogP contribution in [0.1, 0.15) is 26.5 Å². The number of hydrogen-bond acceptors (Lipinski definition) is 3. The number of aromatic nitrogens is 1. The predicted octanol–water partition coefficient (Wildman–Crippen LogP) is 1.26. The van der Waals surface area contributed by atoms with E-state index in [9.17, 15) is 4.79 Å². The zero-order chi connectivity index (χ0) is 12.2. The molecule has 2 amide bonds. The lowest BCUT2D eigenvalue weighted by atomic mass is 10.1. The van der Waals surface area contributed by atoms with Crippen LogP contribution in [-0.2, 0) is 6.54 Å². The fraction of sp³-hybridized carbons (Fsp3) is 0.455. The van der Waals surface area contributed by atoms with Crippen LogP contribution >= 0.6 is 0 Å². The van der Waals surface area contributed by atoms with E-state index < -0.39 is 0 Å². The third kappa shape index (κ3) is 4.63. The summed E-state index contributed by atoms with van der Waals surface area (Å²) in [5.41, 5.74) is 6.02. The van der Waals surface area contributed by atoms with Crippen molar-refractivity contribution in [1.29, 1.82) is 0 Å². The van der Waals surface area contributed by atoms with Gasteiger partial charge in [0, 0.05) is 5.54 Å². The molecule has 0 saturated carbocycles. The maximum Gasteiger partial charge on any atom is 0.315 e. The first-order valence-electron chi connectivity index (χ1n) is 5.14. The third-order valence-corrected chi connectivity index (χ3v) is 1.75. The molecule has 5 heteroatoms. The Bertz CT molecular complexity index is 370. The summed E-state index contributed by atoms with van der Waals surface area (Å²) >= 11 is 0. The van der Waals surface area contributed by atoms with Crippen LogP contribution in [0.25, 0.3) is 0 Å². The number of nitrogen functional groups attached to an aromatic ring is 1. The summed E-state index contributed by atoms with van der Waals surface area (Å²) in [7, 11) is 0. The first-order valence-corrected chi connectivity index (χ1v) is 5.14. The van der Waals surface area contributed by atoms with Gasteiger partial charge in [0.15, 0.2) is 0 Å². The van der Waals surface area contributed by atoms with Crippen molar-refractivity contribution in [3.05, 3.63) is 23.9 Å². The van der Waals surface area contributed by atoms with Crippen LogP contribution in [0, 0.1) is 0 Å². The van der Waals surface area contributed by atoms with Crippen LogP contribution < -0.4 is 16.4 Å². The predicted molar refractivity (Wildman–Crippen MR) is 63.8 cm³/mol. The van der Waals surface area contributed by atoms with Gasteiger partial charge in [-0.05, 0) is 32.9 Å². The Balaban J connectivity index is 2.43. The van der Waals surface area contributed by atoms with E-state index in [0.29, 0.717) is 12.4 Å². The van der Waals surface area contributed by atoms with E-state index in [0.717, 1.165) is 5.69 Å². The molecule has 0 bridgehead atoms.